The molecule has 0 atom stereocenters. The number of rotatable bonds is 4. The number of amides is 1. The van der Waals surface area contributed by atoms with Crippen molar-refractivity contribution in [3.63, 3.8) is 0 Å². The summed E-state index contributed by atoms with van der Waals surface area (Å²) in [5.74, 6) is 0.955. The van der Waals surface area contributed by atoms with Gasteiger partial charge in [0.1, 0.15) is 5.82 Å². The minimum absolute atomic E-state index is 0.0466. The smallest absolute Gasteiger partial charge is 0.235 e. The molecular weight excluding hydrogens is 324 g/mol. The van der Waals surface area contributed by atoms with E-state index in [0.29, 0.717) is 11.6 Å². The second-order valence-electron chi connectivity index (χ2n) is 3.96. The zero-order chi connectivity index (χ0) is 13.7. The number of aromatic nitrogens is 1. The Morgan fingerprint density at radius 1 is 1.32 bits per heavy atom. The molecule has 98 valence electrons. The Labute approximate surface area is 125 Å². The fraction of sp³-hybridized carbons (Fsp3) is 0.143. The molecule has 19 heavy (non-hydrogen) atoms. The second kappa shape index (κ2) is 6.73. The second-order valence-corrected chi connectivity index (χ2v) is 5.92. The summed E-state index contributed by atoms with van der Waals surface area (Å²) in [5.41, 5.74) is 0.962. The molecule has 0 fully saturated rings. The molecule has 0 aliphatic rings. The SMILES string of the molecule is Cc1cccnc1NC(=O)CSc1ccc(Br)cc1. The van der Waals surface area contributed by atoms with Crippen molar-refractivity contribution in [2.24, 2.45) is 0 Å². The van der Waals surface area contributed by atoms with E-state index >= 15 is 0 Å². The number of nitrogens with zero attached hydrogens (tertiary/aromatic N) is 1. The average molecular weight is 337 g/mol. The van der Waals surface area contributed by atoms with Crippen LogP contribution in [0.25, 0.3) is 0 Å². The highest BCUT2D eigenvalue weighted by atomic mass is 79.9. The van der Waals surface area contributed by atoms with Crippen LogP contribution in [0.4, 0.5) is 5.82 Å². The largest absolute Gasteiger partial charge is 0.310 e. The maximum absolute atomic E-state index is 11.8. The van der Waals surface area contributed by atoms with Crippen LogP contribution >= 0.6 is 27.7 Å². The van der Waals surface area contributed by atoms with Gasteiger partial charge in [-0.3, -0.25) is 4.79 Å². The van der Waals surface area contributed by atoms with Crippen molar-refractivity contribution in [1.29, 1.82) is 0 Å². The Bertz CT molecular complexity index is 572. The Kier molecular flexibility index (Phi) is 4.99. The summed E-state index contributed by atoms with van der Waals surface area (Å²) in [7, 11) is 0. The number of nitrogens with one attached hydrogen (secondary N) is 1. The molecule has 1 heterocycles. The Morgan fingerprint density at radius 3 is 2.74 bits per heavy atom. The van der Waals surface area contributed by atoms with Crippen molar-refractivity contribution < 1.29 is 4.79 Å². The molecule has 0 spiro atoms. The van der Waals surface area contributed by atoms with Gasteiger partial charge in [-0.1, -0.05) is 22.0 Å². The summed E-state index contributed by atoms with van der Waals surface area (Å²) < 4.78 is 1.03. The molecule has 0 aliphatic heterocycles. The van der Waals surface area contributed by atoms with Crippen LogP contribution in [0.3, 0.4) is 0 Å². The highest BCUT2D eigenvalue weighted by molar-refractivity contribution is 9.10. The first-order valence-corrected chi connectivity index (χ1v) is 7.53. The predicted octanol–water partition coefficient (Wildman–Crippen LogP) is 3.88. The lowest BCUT2D eigenvalue weighted by Crippen LogP contribution is -2.15. The molecule has 0 aliphatic carbocycles. The van der Waals surface area contributed by atoms with Gasteiger partial charge in [0.15, 0.2) is 0 Å². The highest BCUT2D eigenvalue weighted by Crippen LogP contribution is 2.20. The lowest BCUT2D eigenvalue weighted by Gasteiger charge is -2.06. The summed E-state index contributed by atoms with van der Waals surface area (Å²) in [6, 6.07) is 11.7. The van der Waals surface area contributed by atoms with E-state index in [4.69, 9.17) is 0 Å². The molecule has 2 rings (SSSR count). The quantitative estimate of drug-likeness (QED) is 0.861. The lowest BCUT2D eigenvalue weighted by molar-refractivity contribution is -0.113. The first kappa shape index (κ1) is 14.1. The number of hydrogen-bond acceptors (Lipinski definition) is 3. The summed E-state index contributed by atoms with van der Waals surface area (Å²) >= 11 is 4.88. The van der Waals surface area contributed by atoms with Crippen molar-refractivity contribution >= 4 is 39.4 Å². The van der Waals surface area contributed by atoms with Crippen molar-refractivity contribution in [3.05, 3.63) is 52.6 Å². The van der Waals surface area contributed by atoms with Gasteiger partial charge in [-0.05, 0) is 42.8 Å². The number of carbonyl (C=O) groups excluding carboxylic acids is 1. The van der Waals surface area contributed by atoms with E-state index in [1.807, 2.05) is 43.3 Å². The monoisotopic (exact) mass is 336 g/mol. The molecule has 1 aromatic carbocycles. The van der Waals surface area contributed by atoms with Gasteiger partial charge in [-0.25, -0.2) is 4.98 Å². The van der Waals surface area contributed by atoms with Crippen LogP contribution in [-0.4, -0.2) is 16.6 Å². The summed E-state index contributed by atoms with van der Waals surface area (Å²) in [6.45, 7) is 1.92. The fourth-order valence-corrected chi connectivity index (χ4v) is 2.43. The van der Waals surface area contributed by atoms with Crippen molar-refractivity contribution in [2.75, 3.05) is 11.1 Å². The van der Waals surface area contributed by atoms with Crippen LogP contribution in [0.15, 0.2) is 52.0 Å². The molecule has 0 saturated heterocycles. The number of halogens is 1. The molecule has 3 nitrogen and oxygen atoms in total. The number of pyridine rings is 1. The molecule has 5 heteroatoms. The summed E-state index contributed by atoms with van der Waals surface area (Å²) in [4.78, 5) is 17.0. The number of anilines is 1. The van der Waals surface area contributed by atoms with Gasteiger partial charge in [0, 0.05) is 15.6 Å². The molecule has 2 aromatic rings. The standard InChI is InChI=1S/C14H13BrN2OS/c1-10-3-2-8-16-14(10)17-13(18)9-19-12-6-4-11(15)5-7-12/h2-8H,9H2,1H3,(H,16,17,18). The normalized spacial score (nSPS) is 10.2. The highest BCUT2D eigenvalue weighted by Gasteiger charge is 2.06. The molecule has 0 unspecified atom stereocenters. The zero-order valence-electron chi connectivity index (χ0n) is 10.4. The Morgan fingerprint density at radius 2 is 2.05 bits per heavy atom. The van der Waals surface area contributed by atoms with Crippen LogP contribution in [-0.2, 0) is 4.79 Å². The van der Waals surface area contributed by atoms with E-state index in [-0.39, 0.29) is 5.91 Å². The molecule has 0 radical (unpaired) electrons. The molecule has 1 amide bonds. The molecule has 1 aromatic heterocycles. The molecule has 0 bridgehead atoms. The summed E-state index contributed by atoms with van der Waals surface area (Å²) in [5, 5.41) is 2.81. The van der Waals surface area contributed by atoms with Gasteiger partial charge in [0.25, 0.3) is 0 Å². The minimum Gasteiger partial charge on any atom is -0.310 e. The first-order valence-electron chi connectivity index (χ1n) is 5.75. The number of hydrogen-bond donors (Lipinski definition) is 1. The van der Waals surface area contributed by atoms with Crippen molar-refractivity contribution in [1.82, 2.24) is 4.98 Å². The molecule has 1 N–H and O–H groups in total. The lowest BCUT2D eigenvalue weighted by atomic mass is 10.3. The topological polar surface area (TPSA) is 42.0 Å². The third-order valence-corrected chi connectivity index (χ3v) is 3.99. The number of carbonyl (C=O) groups is 1. The Hall–Kier alpha value is -1.33. The van der Waals surface area contributed by atoms with E-state index < -0.39 is 0 Å². The fourth-order valence-electron chi connectivity index (χ4n) is 1.46. The van der Waals surface area contributed by atoms with Gasteiger partial charge in [0.2, 0.25) is 5.91 Å². The number of aryl methyl sites for hydroxylation is 1. The number of benzene rings is 1. The van der Waals surface area contributed by atoms with Crippen molar-refractivity contribution in [2.45, 2.75) is 11.8 Å². The predicted molar refractivity (Wildman–Crippen MR) is 82.5 cm³/mol. The van der Waals surface area contributed by atoms with Gasteiger partial charge in [0.05, 0.1) is 5.75 Å². The molecular formula is C14H13BrN2OS. The molecule has 0 saturated carbocycles. The van der Waals surface area contributed by atoms with Gasteiger partial charge in [-0.15, -0.1) is 11.8 Å². The Balaban J connectivity index is 1.88. The van der Waals surface area contributed by atoms with Gasteiger partial charge in [-0.2, -0.15) is 0 Å². The van der Waals surface area contributed by atoms with E-state index in [9.17, 15) is 4.79 Å². The zero-order valence-corrected chi connectivity index (χ0v) is 12.8. The van der Waals surface area contributed by atoms with Gasteiger partial charge < -0.3 is 5.32 Å². The minimum atomic E-state index is -0.0466. The van der Waals surface area contributed by atoms with E-state index in [0.717, 1.165) is 14.9 Å². The van der Waals surface area contributed by atoms with Gasteiger partial charge >= 0.3 is 0 Å². The maximum Gasteiger partial charge on any atom is 0.235 e. The first-order chi connectivity index (χ1) is 9.15. The maximum atomic E-state index is 11.8. The van der Waals surface area contributed by atoms with E-state index in [1.165, 1.54) is 11.8 Å². The van der Waals surface area contributed by atoms with Crippen LogP contribution in [0.5, 0.6) is 0 Å². The van der Waals surface area contributed by atoms with E-state index in [2.05, 4.69) is 26.2 Å². The van der Waals surface area contributed by atoms with Crippen LogP contribution in [0, 0.1) is 6.92 Å². The van der Waals surface area contributed by atoms with Crippen LogP contribution in [0.1, 0.15) is 5.56 Å². The van der Waals surface area contributed by atoms with Crippen molar-refractivity contribution in [3.8, 4) is 0 Å². The van der Waals surface area contributed by atoms with Crippen LogP contribution in [0.2, 0.25) is 0 Å². The van der Waals surface area contributed by atoms with E-state index in [1.54, 1.807) is 6.20 Å². The number of thioether (sulfide) groups is 1. The van der Waals surface area contributed by atoms with Crippen LogP contribution < -0.4 is 5.32 Å². The average Bonchev–Trinajstić information content (AvgIpc) is 2.41. The summed E-state index contributed by atoms with van der Waals surface area (Å²) in [6.07, 6.45) is 1.67. The third kappa shape index (κ3) is 4.36. The third-order valence-electron chi connectivity index (χ3n) is 2.45.